The van der Waals surface area contributed by atoms with E-state index in [1.807, 2.05) is 19.9 Å². The number of hydrazone groups is 1. The van der Waals surface area contributed by atoms with Gasteiger partial charge in [0.1, 0.15) is 0 Å². The molecule has 1 aromatic heterocycles. The van der Waals surface area contributed by atoms with Crippen LogP contribution in [0.3, 0.4) is 0 Å². The molecule has 4 fully saturated rings. The van der Waals surface area contributed by atoms with Crippen molar-refractivity contribution in [2.24, 2.45) is 28.8 Å². The minimum absolute atomic E-state index is 0.0657. The van der Waals surface area contributed by atoms with Crippen molar-refractivity contribution in [2.45, 2.75) is 51.1 Å². The van der Waals surface area contributed by atoms with Crippen molar-refractivity contribution in [2.75, 3.05) is 5.75 Å². The Balaban J connectivity index is 1.33. The van der Waals surface area contributed by atoms with Gasteiger partial charge in [0.15, 0.2) is 5.16 Å². The lowest BCUT2D eigenvalue weighted by molar-refractivity contribution is -0.118. The van der Waals surface area contributed by atoms with Crippen LogP contribution in [0.15, 0.2) is 16.3 Å². The second kappa shape index (κ2) is 6.47. The largest absolute Gasteiger partial charge is 0.272 e. The lowest BCUT2D eigenvalue weighted by Gasteiger charge is -2.50. The van der Waals surface area contributed by atoms with Crippen LogP contribution >= 0.6 is 11.8 Å². The zero-order valence-corrected chi connectivity index (χ0v) is 15.1. The van der Waals surface area contributed by atoms with Crippen molar-refractivity contribution in [3.05, 3.63) is 17.5 Å². The van der Waals surface area contributed by atoms with Crippen LogP contribution in [-0.2, 0) is 4.79 Å². The van der Waals surface area contributed by atoms with Crippen LogP contribution in [-0.4, -0.2) is 27.3 Å². The number of hydrogen-bond acceptors (Lipinski definition) is 5. The quantitative estimate of drug-likeness (QED) is 0.518. The number of amides is 1. The van der Waals surface area contributed by atoms with Crippen molar-refractivity contribution in [1.82, 2.24) is 15.4 Å². The van der Waals surface area contributed by atoms with Crippen LogP contribution in [0.1, 0.15) is 43.5 Å². The molecule has 0 aromatic carbocycles. The van der Waals surface area contributed by atoms with Crippen molar-refractivity contribution >= 4 is 23.4 Å². The zero-order chi connectivity index (χ0) is 16.7. The minimum atomic E-state index is -0.0657. The van der Waals surface area contributed by atoms with Crippen LogP contribution in [0, 0.1) is 37.5 Å². The molecule has 4 bridgehead atoms. The highest BCUT2D eigenvalue weighted by Gasteiger charge is 2.46. The molecular weight excluding hydrogens is 320 g/mol. The van der Waals surface area contributed by atoms with Gasteiger partial charge in [-0.3, -0.25) is 4.79 Å². The summed E-state index contributed by atoms with van der Waals surface area (Å²) in [5.41, 5.74) is 5.91. The molecule has 0 unspecified atom stereocenters. The summed E-state index contributed by atoms with van der Waals surface area (Å²) in [6, 6.07) is 1.93. The molecule has 5 rings (SSSR count). The smallest absolute Gasteiger partial charge is 0.250 e. The highest BCUT2D eigenvalue weighted by molar-refractivity contribution is 7.99. The normalized spacial score (nSPS) is 30.5. The van der Waals surface area contributed by atoms with E-state index in [1.165, 1.54) is 49.6 Å². The van der Waals surface area contributed by atoms with E-state index in [4.69, 9.17) is 0 Å². The fourth-order valence-corrected chi connectivity index (χ4v) is 5.64. The molecule has 128 valence electrons. The zero-order valence-electron chi connectivity index (χ0n) is 14.3. The summed E-state index contributed by atoms with van der Waals surface area (Å²) in [5.74, 6) is 3.32. The van der Waals surface area contributed by atoms with E-state index in [0.29, 0.717) is 22.7 Å². The van der Waals surface area contributed by atoms with Gasteiger partial charge in [-0.1, -0.05) is 11.8 Å². The molecule has 6 heteroatoms. The molecule has 1 amide bonds. The number of thioether (sulfide) groups is 1. The van der Waals surface area contributed by atoms with Crippen molar-refractivity contribution in [3.8, 4) is 0 Å². The van der Waals surface area contributed by atoms with Gasteiger partial charge in [-0.25, -0.2) is 15.4 Å². The molecule has 0 atom stereocenters. The van der Waals surface area contributed by atoms with Gasteiger partial charge in [-0.05, 0) is 75.7 Å². The number of aromatic nitrogens is 2. The summed E-state index contributed by atoms with van der Waals surface area (Å²) in [4.78, 5) is 20.8. The van der Waals surface area contributed by atoms with Crippen LogP contribution < -0.4 is 5.43 Å². The summed E-state index contributed by atoms with van der Waals surface area (Å²) in [6.07, 6.45) is 6.57. The molecule has 4 aliphatic carbocycles. The third-order valence-corrected chi connectivity index (χ3v) is 6.43. The highest BCUT2D eigenvalue weighted by atomic mass is 32.2. The Hall–Kier alpha value is -1.43. The summed E-state index contributed by atoms with van der Waals surface area (Å²) in [6.45, 7) is 3.88. The Kier molecular flexibility index (Phi) is 4.33. The number of carbonyl (C=O) groups excluding carboxylic acids is 1. The maximum Gasteiger partial charge on any atom is 0.250 e. The first-order valence-corrected chi connectivity index (χ1v) is 9.86. The molecule has 4 saturated carbocycles. The predicted molar refractivity (Wildman–Crippen MR) is 94.9 cm³/mol. The molecule has 1 heterocycles. The van der Waals surface area contributed by atoms with E-state index in [9.17, 15) is 4.79 Å². The molecule has 24 heavy (non-hydrogen) atoms. The molecule has 5 nitrogen and oxygen atoms in total. The number of nitrogens with one attached hydrogen (secondary N) is 1. The third-order valence-electron chi connectivity index (χ3n) is 5.58. The van der Waals surface area contributed by atoms with Crippen LogP contribution in [0.5, 0.6) is 0 Å². The Morgan fingerprint density at radius 3 is 2.29 bits per heavy atom. The van der Waals surface area contributed by atoms with Gasteiger partial charge in [-0.15, -0.1) is 0 Å². The SMILES string of the molecule is Cc1cc(C)nc(SCC(=O)NN=C2C3CC4CC(C3)CC2C4)n1. The first-order valence-electron chi connectivity index (χ1n) is 8.88. The molecule has 4 aliphatic rings. The standard InChI is InChI=1S/C18H24N4OS/c1-10-3-11(2)20-18(19-10)24-9-16(23)21-22-17-14-5-12-4-13(7-14)8-15(17)6-12/h3,12-15H,4-9H2,1-2H3,(H,21,23). The summed E-state index contributed by atoms with van der Waals surface area (Å²) in [5, 5.41) is 5.19. The molecule has 0 aliphatic heterocycles. The predicted octanol–water partition coefficient (Wildman–Crippen LogP) is 3.11. The average Bonchev–Trinajstić information content (AvgIpc) is 2.50. The number of nitrogens with zero attached hydrogens (tertiary/aromatic N) is 3. The Morgan fingerprint density at radius 2 is 1.71 bits per heavy atom. The van der Waals surface area contributed by atoms with Gasteiger partial charge in [-0.2, -0.15) is 5.10 Å². The second-order valence-corrected chi connectivity index (χ2v) is 8.54. The third kappa shape index (κ3) is 3.34. The van der Waals surface area contributed by atoms with E-state index in [2.05, 4.69) is 20.5 Å². The molecular formula is C18H24N4OS. The lowest BCUT2D eigenvalue weighted by atomic mass is 9.55. The minimum Gasteiger partial charge on any atom is -0.272 e. The molecule has 0 saturated heterocycles. The molecule has 0 spiro atoms. The lowest BCUT2D eigenvalue weighted by Crippen LogP contribution is -2.46. The van der Waals surface area contributed by atoms with E-state index in [1.54, 1.807) is 0 Å². The topological polar surface area (TPSA) is 67.2 Å². The second-order valence-electron chi connectivity index (χ2n) is 7.60. The van der Waals surface area contributed by atoms with E-state index < -0.39 is 0 Å². The fraction of sp³-hybridized carbons (Fsp3) is 0.667. The van der Waals surface area contributed by atoms with Crippen LogP contribution in [0.4, 0.5) is 0 Å². The van der Waals surface area contributed by atoms with Crippen molar-refractivity contribution in [1.29, 1.82) is 0 Å². The fourth-order valence-electron chi connectivity index (χ4n) is 4.90. The van der Waals surface area contributed by atoms with E-state index in [0.717, 1.165) is 23.2 Å². The van der Waals surface area contributed by atoms with Crippen LogP contribution in [0.2, 0.25) is 0 Å². The summed E-state index contributed by atoms with van der Waals surface area (Å²) in [7, 11) is 0. The first kappa shape index (κ1) is 16.1. The molecule has 1 aromatic rings. The maximum atomic E-state index is 12.1. The van der Waals surface area contributed by atoms with Crippen LogP contribution in [0.25, 0.3) is 0 Å². The Bertz CT molecular complexity index is 637. The summed E-state index contributed by atoms with van der Waals surface area (Å²) >= 11 is 1.37. The van der Waals surface area contributed by atoms with Gasteiger partial charge >= 0.3 is 0 Å². The van der Waals surface area contributed by atoms with Gasteiger partial charge in [0.05, 0.1) is 5.75 Å². The summed E-state index contributed by atoms with van der Waals surface area (Å²) < 4.78 is 0. The van der Waals surface area contributed by atoms with Crippen molar-refractivity contribution in [3.63, 3.8) is 0 Å². The van der Waals surface area contributed by atoms with Crippen molar-refractivity contribution < 1.29 is 4.79 Å². The van der Waals surface area contributed by atoms with Gasteiger partial charge in [0, 0.05) is 17.1 Å². The maximum absolute atomic E-state index is 12.1. The highest BCUT2D eigenvalue weighted by Crippen LogP contribution is 2.52. The number of rotatable bonds is 4. The van der Waals surface area contributed by atoms with Gasteiger partial charge in [0.25, 0.3) is 5.91 Å². The number of aryl methyl sites for hydroxylation is 2. The van der Waals surface area contributed by atoms with Gasteiger partial charge in [0.2, 0.25) is 0 Å². The average molecular weight is 344 g/mol. The van der Waals surface area contributed by atoms with E-state index in [-0.39, 0.29) is 5.91 Å². The number of carbonyl (C=O) groups is 1. The van der Waals surface area contributed by atoms with E-state index >= 15 is 0 Å². The Morgan fingerprint density at radius 1 is 1.12 bits per heavy atom. The monoisotopic (exact) mass is 344 g/mol. The molecule has 1 N–H and O–H groups in total. The number of hydrogen-bond donors (Lipinski definition) is 1. The first-order chi connectivity index (χ1) is 11.6. The van der Waals surface area contributed by atoms with Gasteiger partial charge < -0.3 is 0 Å². The molecule has 0 radical (unpaired) electrons. The Labute approximate surface area is 147 Å².